The highest BCUT2D eigenvalue weighted by Gasteiger charge is 2.21. The van der Waals surface area contributed by atoms with Gasteiger partial charge >= 0.3 is 0 Å². The Kier molecular flexibility index (Phi) is 3.25. The molecule has 0 fully saturated rings. The number of nitrogens with one attached hydrogen (secondary N) is 1. The molecule has 0 aliphatic heterocycles. The number of nitrogens with two attached hydrogens (primary N) is 1. The Bertz CT molecular complexity index is 383. The SMILES string of the molecule is CC(C)(C)C(=O)Nc1ccc(N)c(Cl)c1. The van der Waals surface area contributed by atoms with Crippen LogP contribution in [0, 0.1) is 5.41 Å². The van der Waals surface area contributed by atoms with Crippen LogP contribution >= 0.6 is 11.6 Å². The number of carbonyl (C=O) groups excluding carboxylic acids is 1. The Balaban J connectivity index is 2.83. The number of hydrogen-bond donors (Lipinski definition) is 2. The highest BCUT2D eigenvalue weighted by atomic mass is 35.5. The molecule has 0 heterocycles. The Hall–Kier alpha value is -1.22. The zero-order valence-electron chi connectivity index (χ0n) is 9.10. The Labute approximate surface area is 94.6 Å². The number of rotatable bonds is 1. The fourth-order valence-corrected chi connectivity index (χ4v) is 1.10. The van der Waals surface area contributed by atoms with E-state index in [-0.39, 0.29) is 5.91 Å². The summed E-state index contributed by atoms with van der Waals surface area (Å²) in [6, 6.07) is 5.03. The van der Waals surface area contributed by atoms with Crippen molar-refractivity contribution in [3.8, 4) is 0 Å². The lowest BCUT2D eigenvalue weighted by Crippen LogP contribution is -2.27. The molecule has 0 atom stereocenters. The van der Waals surface area contributed by atoms with Gasteiger partial charge in [0.15, 0.2) is 0 Å². The number of hydrogen-bond acceptors (Lipinski definition) is 2. The molecule has 1 aromatic carbocycles. The zero-order chi connectivity index (χ0) is 11.6. The lowest BCUT2D eigenvalue weighted by molar-refractivity contribution is -0.123. The molecule has 0 unspecified atom stereocenters. The molecule has 1 aromatic rings. The zero-order valence-corrected chi connectivity index (χ0v) is 9.85. The molecule has 3 nitrogen and oxygen atoms in total. The van der Waals surface area contributed by atoms with Crippen LogP contribution in [0.4, 0.5) is 11.4 Å². The van der Waals surface area contributed by atoms with Crippen molar-refractivity contribution in [2.24, 2.45) is 5.41 Å². The van der Waals surface area contributed by atoms with Crippen molar-refractivity contribution < 1.29 is 4.79 Å². The van der Waals surface area contributed by atoms with E-state index in [1.807, 2.05) is 20.8 Å². The Morgan fingerprint density at radius 1 is 1.40 bits per heavy atom. The standard InChI is InChI=1S/C11H15ClN2O/c1-11(2,3)10(15)14-7-4-5-9(13)8(12)6-7/h4-6H,13H2,1-3H3,(H,14,15). The normalized spacial score (nSPS) is 11.2. The molecule has 1 rings (SSSR count). The molecule has 4 heteroatoms. The maximum atomic E-state index is 11.6. The van der Waals surface area contributed by atoms with Crippen molar-refractivity contribution >= 4 is 28.9 Å². The van der Waals surface area contributed by atoms with Gasteiger partial charge in [-0.2, -0.15) is 0 Å². The summed E-state index contributed by atoms with van der Waals surface area (Å²) in [5, 5.41) is 3.22. The van der Waals surface area contributed by atoms with Crippen molar-refractivity contribution in [1.29, 1.82) is 0 Å². The van der Waals surface area contributed by atoms with Gasteiger partial charge in [-0.1, -0.05) is 32.4 Å². The van der Waals surface area contributed by atoms with E-state index in [0.717, 1.165) is 0 Å². The van der Waals surface area contributed by atoms with Gasteiger partial charge in [-0.25, -0.2) is 0 Å². The second-order valence-electron chi connectivity index (χ2n) is 4.44. The molecule has 82 valence electrons. The van der Waals surface area contributed by atoms with Gasteiger partial charge in [0.2, 0.25) is 5.91 Å². The van der Waals surface area contributed by atoms with E-state index in [1.54, 1.807) is 18.2 Å². The third kappa shape index (κ3) is 3.13. The topological polar surface area (TPSA) is 55.1 Å². The molecule has 0 saturated carbocycles. The van der Waals surface area contributed by atoms with Gasteiger partial charge in [-0.05, 0) is 18.2 Å². The summed E-state index contributed by atoms with van der Waals surface area (Å²) in [7, 11) is 0. The highest BCUT2D eigenvalue weighted by molar-refractivity contribution is 6.33. The van der Waals surface area contributed by atoms with E-state index in [2.05, 4.69) is 5.32 Å². The molecule has 0 aromatic heterocycles. The molecule has 0 aliphatic carbocycles. The fourth-order valence-electron chi connectivity index (χ4n) is 0.923. The summed E-state index contributed by atoms with van der Waals surface area (Å²) in [5.41, 5.74) is 6.30. The number of benzene rings is 1. The first-order valence-corrected chi connectivity index (χ1v) is 5.05. The van der Waals surface area contributed by atoms with Gasteiger partial charge in [0.25, 0.3) is 0 Å². The summed E-state index contributed by atoms with van der Waals surface area (Å²) < 4.78 is 0. The quantitative estimate of drug-likeness (QED) is 0.724. The second kappa shape index (κ2) is 4.11. The van der Waals surface area contributed by atoms with Crippen LogP contribution in [0.25, 0.3) is 0 Å². The molecule has 3 N–H and O–H groups in total. The summed E-state index contributed by atoms with van der Waals surface area (Å²) in [5.74, 6) is -0.0525. The average Bonchev–Trinajstić information content (AvgIpc) is 2.10. The van der Waals surface area contributed by atoms with Gasteiger partial charge in [0.05, 0.1) is 10.7 Å². The van der Waals surface area contributed by atoms with Crippen molar-refractivity contribution in [1.82, 2.24) is 0 Å². The fraction of sp³-hybridized carbons (Fsp3) is 0.364. The van der Waals surface area contributed by atoms with Crippen molar-refractivity contribution in [2.45, 2.75) is 20.8 Å². The predicted octanol–water partition coefficient (Wildman–Crippen LogP) is 2.91. The molecule has 0 bridgehead atoms. The third-order valence-corrected chi connectivity index (χ3v) is 2.27. The van der Waals surface area contributed by atoms with Crippen LogP contribution in [0.1, 0.15) is 20.8 Å². The number of nitrogen functional groups attached to an aromatic ring is 1. The Morgan fingerprint density at radius 2 is 2.00 bits per heavy atom. The molecule has 15 heavy (non-hydrogen) atoms. The van der Waals surface area contributed by atoms with Gasteiger partial charge in [0.1, 0.15) is 0 Å². The highest BCUT2D eigenvalue weighted by Crippen LogP contribution is 2.24. The number of carbonyl (C=O) groups is 1. The van der Waals surface area contributed by atoms with E-state index in [0.29, 0.717) is 16.4 Å². The van der Waals surface area contributed by atoms with Crippen molar-refractivity contribution in [2.75, 3.05) is 11.1 Å². The van der Waals surface area contributed by atoms with E-state index in [9.17, 15) is 4.79 Å². The van der Waals surface area contributed by atoms with Crippen LogP contribution in [0.3, 0.4) is 0 Å². The summed E-state index contributed by atoms with van der Waals surface area (Å²) in [4.78, 5) is 11.6. The van der Waals surface area contributed by atoms with Gasteiger partial charge in [-0.15, -0.1) is 0 Å². The lowest BCUT2D eigenvalue weighted by Gasteiger charge is -2.17. The molecule has 1 amide bonds. The Morgan fingerprint density at radius 3 is 2.47 bits per heavy atom. The minimum absolute atomic E-state index is 0.0525. The maximum Gasteiger partial charge on any atom is 0.229 e. The van der Waals surface area contributed by atoms with Crippen molar-refractivity contribution in [3.63, 3.8) is 0 Å². The molecule has 0 aliphatic rings. The summed E-state index contributed by atoms with van der Waals surface area (Å²) >= 11 is 5.84. The van der Waals surface area contributed by atoms with E-state index >= 15 is 0 Å². The van der Waals surface area contributed by atoms with Crippen LogP contribution in [0.2, 0.25) is 5.02 Å². The summed E-state index contributed by atoms with van der Waals surface area (Å²) in [6.07, 6.45) is 0. The minimum Gasteiger partial charge on any atom is -0.398 e. The van der Waals surface area contributed by atoms with Crippen LogP contribution in [-0.2, 0) is 4.79 Å². The van der Waals surface area contributed by atoms with Crippen LogP contribution < -0.4 is 11.1 Å². The van der Waals surface area contributed by atoms with E-state index in [4.69, 9.17) is 17.3 Å². The first-order valence-electron chi connectivity index (χ1n) is 4.67. The van der Waals surface area contributed by atoms with Crippen LogP contribution in [0.5, 0.6) is 0 Å². The van der Waals surface area contributed by atoms with Gasteiger partial charge < -0.3 is 11.1 Å². The lowest BCUT2D eigenvalue weighted by atomic mass is 9.95. The second-order valence-corrected chi connectivity index (χ2v) is 4.85. The van der Waals surface area contributed by atoms with Crippen LogP contribution in [-0.4, -0.2) is 5.91 Å². The van der Waals surface area contributed by atoms with Crippen molar-refractivity contribution in [3.05, 3.63) is 23.2 Å². The number of halogens is 1. The monoisotopic (exact) mass is 226 g/mol. The molecular formula is C11H15ClN2O. The average molecular weight is 227 g/mol. The molecule has 0 spiro atoms. The molecule has 0 radical (unpaired) electrons. The number of amides is 1. The molecule has 0 saturated heterocycles. The van der Waals surface area contributed by atoms with Gasteiger partial charge in [0, 0.05) is 11.1 Å². The summed E-state index contributed by atoms with van der Waals surface area (Å²) in [6.45, 7) is 5.55. The predicted molar refractivity (Wildman–Crippen MR) is 63.9 cm³/mol. The number of anilines is 2. The van der Waals surface area contributed by atoms with E-state index < -0.39 is 5.41 Å². The first kappa shape index (κ1) is 11.9. The van der Waals surface area contributed by atoms with Gasteiger partial charge in [-0.3, -0.25) is 4.79 Å². The largest absolute Gasteiger partial charge is 0.398 e. The molecular weight excluding hydrogens is 212 g/mol. The third-order valence-electron chi connectivity index (χ3n) is 1.94. The van der Waals surface area contributed by atoms with Crippen LogP contribution in [0.15, 0.2) is 18.2 Å². The maximum absolute atomic E-state index is 11.6. The first-order chi connectivity index (χ1) is 6.80. The minimum atomic E-state index is -0.423. The smallest absolute Gasteiger partial charge is 0.229 e. The van der Waals surface area contributed by atoms with E-state index in [1.165, 1.54) is 0 Å².